The summed E-state index contributed by atoms with van der Waals surface area (Å²) in [6.07, 6.45) is 0.863. The van der Waals surface area contributed by atoms with Gasteiger partial charge in [-0.15, -0.1) is 0 Å². The van der Waals surface area contributed by atoms with E-state index < -0.39 is 6.04 Å². The van der Waals surface area contributed by atoms with Crippen molar-refractivity contribution in [3.8, 4) is 5.75 Å². The van der Waals surface area contributed by atoms with Gasteiger partial charge >= 0.3 is 0 Å². The third kappa shape index (κ3) is 3.84. The number of piperazine rings is 1. The van der Waals surface area contributed by atoms with E-state index in [9.17, 15) is 9.59 Å². The molecule has 2 amide bonds. The molecule has 5 heteroatoms. The van der Waals surface area contributed by atoms with E-state index in [1.807, 2.05) is 39.0 Å². The van der Waals surface area contributed by atoms with E-state index in [1.165, 1.54) is 5.56 Å². The van der Waals surface area contributed by atoms with E-state index in [0.717, 1.165) is 17.7 Å². The average Bonchev–Trinajstić information content (AvgIpc) is 2.52. The Hall–Kier alpha value is -2.04. The van der Waals surface area contributed by atoms with Crippen LogP contribution in [0.5, 0.6) is 5.75 Å². The summed E-state index contributed by atoms with van der Waals surface area (Å²) in [5.74, 6) is 0.856. The first-order chi connectivity index (χ1) is 11.0. The van der Waals surface area contributed by atoms with Crippen molar-refractivity contribution in [2.75, 3.05) is 26.2 Å². The SMILES string of the molecule is CCCN1CC(=O)N(CCOc2cccc(C)c2C)[C@H](C)C1=O. The smallest absolute Gasteiger partial charge is 0.245 e. The molecule has 0 saturated carbocycles. The summed E-state index contributed by atoms with van der Waals surface area (Å²) in [6.45, 7) is 9.50. The molecule has 126 valence electrons. The van der Waals surface area contributed by atoms with Gasteiger partial charge < -0.3 is 14.5 Å². The molecule has 0 spiro atoms. The van der Waals surface area contributed by atoms with Crippen LogP contribution in [0, 0.1) is 13.8 Å². The highest BCUT2D eigenvalue weighted by molar-refractivity contribution is 5.94. The Labute approximate surface area is 138 Å². The number of hydrogen-bond donors (Lipinski definition) is 0. The molecule has 0 bridgehead atoms. The Kier molecular flexibility index (Phi) is 5.64. The zero-order valence-corrected chi connectivity index (χ0v) is 14.5. The summed E-state index contributed by atoms with van der Waals surface area (Å²) < 4.78 is 5.81. The third-order valence-electron chi connectivity index (χ3n) is 4.42. The molecule has 0 radical (unpaired) electrons. The Morgan fingerprint density at radius 1 is 1.22 bits per heavy atom. The maximum atomic E-state index is 12.3. The molecule has 1 aromatic rings. The summed E-state index contributed by atoms with van der Waals surface area (Å²) in [5, 5.41) is 0. The van der Waals surface area contributed by atoms with Crippen LogP contribution in [0.1, 0.15) is 31.4 Å². The molecular weight excluding hydrogens is 292 g/mol. The minimum Gasteiger partial charge on any atom is -0.491 e. The number of amides is 2. The van der Waals surface area contributed by atoms with E-state index in [2.05, 4.69) is 0 Å². The van der Waals surface area contributed by atoms with Crippen molar-refractivity contribution in [2.45, 2.75) is 40.2 Å². The Morgan fingerprint density at radius 2 is 1.96 bits per heavy atom. The van der Waals surface area contributed by atoms with E-state index >= 15 is 0 Å². The molecule has 2 rings (SSSR count). The molecule has 1 heterocycles. The van der Waals surface area contributed by atoms with E-state index in [0.29, 0.717) is 19.7 Å². The number of benzene rings is 1. The van der Waals surface area contributed by atoms with Crippen LogP contribution in [0.25, 0.3) is 0 Å². The predicted octanol–water partition coefficient (Wildman–Crippen LogP) is 2.15. The fourth-order valence-electron chi connectivity index (χ4n) is 2.86. The van der Waals surface area contributed by atoms with Gasteiger partial charge in [0, 0.05) is 6.54 Å². The number of rotatable bonds is 6. The largest absolute Gasteiger partial charge is 0.491 e. The molecule has 1 atom stereocenters. The summed E-state index contributed by atoms with van der Waals surface area (Å²) in [6, 6.07) is 5.51. The van der Waals surface area contributed by atoms with Crippen LogP contribution in [0.2, 0.25) is 0 Å². The molecule has 0 aliphatic carbocycles. The second kappa shape index (κ2) is 7.49. The van der Waals surface area contributed by atoms with Crippen molar-refractivity contribution in [2.24, 2.45) is 0 Å². The van der Waals surface area contributed by atoms with Crippen LogP contribution in [0.4, 0.5) is 0 Å². The van der Waals surface area contributed by atoms with Crippen LogP contribution < -0.4 is 4.74 Å². The lowest BCUT2D eigenvalue weighted by Crippen LogP contribution is -2.59. The highest BCUT2D eigenvalue weighted by atomic mass is 16.5. The maximum Gasteiger partial charge on any atom is 0.245 e. The average molecular weight is 318 g/mol. The molecule has 1 saturated heterocycles. The minimum absolute atomic E-state index is 0.00452. The topological polar surface area (TPSA) is 49.9 Å². The lowest BCUT2D eigenvalue weighted by molar-refractivity contribution is -0.155. The van der Waals surface area contributed by atoms with E-state index in [4.69, 9.17) is 4.74 Å². The monoisotopic (exact) mass is 318 g/mol. The minimum atomic E-state index is -0.412. The summed E-state index contributed by atoms with van der Waals surface area (Å²) in [7, 11) is 0. The number of hydrogen-bond acceptors (Lipinski definition) is 3. The second-order valence-corrected chi connectivity index (χ2v) is 6.07. The van der Waals surface area contributed by atoms with Crippen molar-refractivity contribution in [3.63, 3.8) is 0 Å². The van der Waals surface area contributed by atoms with Gasteiger partial charge in [-0.25, -0.2) is 0 Å². The van der Waals surface area contributed by atoms with Gasteiger partial charge in [-0.2, -0.15) is 0 Å². The van der Waals surface area contributed by atoms with Gasteiger partial charge in [0.05, 0.1) is 13.1 Å². The van der Waals surface area contributed by atoms with Gasteiger partial charge in [0.2, 0.25) is 11.8 Å². The van der Waals surface area contributed by atoms with Crippen LogP contribution in [0.3, 0.4) is 0 Å². The highest BCUT2D eigenvalue weighted by Gasteiger charge is 2.35. The molecule has 0 N–H and O–H groups in total. The first kappa shape index (κ1) is 17.3. The third-order valence-corrected chi connectivity index (χ3v) is 4.42. The number of carbonyl (C=O) groups excluding carboxylic acids is 2. The molecule has 0 unspecified atom stereocenters. The van der Waals surface area contributed by atoms with Crippen molar-refractivity contribution < 1.29 is 14.3 Å². The second-order valence-electron chi connectivity index (χ2n) is 6.07. The van der Waals surface area contributed by atoms with E-state index in [-0.39, 0.29) is 18.4 Å². The van der Waals surface area contributed by atoms with E-state index in [1.54, 1.807) is 16.7 Å². The lowest BCUT2D eigenvalue weighted by atomic mass is 10.1. The van der Waals surface area contributed by atoms with Gasteiger partial charge in [0.1, 0.15) is 18.4 Å². The van der Waals surface area contributed by atoms with Crippen molar-refractivity contribution in [1.82, 2.24) is 9.80 Å². The van der Waals surface area contributed by atoms with Crippen LogP contribution >= 0.6 is 0 Å². The van der Waals surface area contributed by atoms with Crippen LogP contribution in [0.15, 0.2) is 18.2 Å². The predicted molar refractivity (Wildman–Crippen MR) is 89.5 cm³/mol. The van der Waals surface area contributed by atoms with Crippen molar-refractivity contribution >= 4 is 11.8 Å². The molecule has 1 fully saturated rings. The molecule has 1 aromatic carbocycles. The van der Waals surface area contributed by atoms with Gasteiger partial charge in [0.15, 0.2) is 0 Å². The Balaban J connectivity index is 1.94. The van der Waals surface area contributed by atoms with Gasteiger partial charge in [-0.3, -0.25) is 9.59 Å². The maximum absolute atomic E-state index is 12.3. The standard InChI is InChI=1S/C18H26N2O3/c1-5-9-19-12-17(21)20(15(4)18(19)22)10-11-23-16-8-6-7-13(2)14(16)3/h6-8,15H,5,9-12H2,1-4H3/t15-/m1/s1. The number of aryl methyl sites for hydroxylation is 1. The Morgan fingerprint density at radius 3 is 2.65 bits per heavy atom. The Bertz CT molecular complexity index is 586. The fraction of sp³-hybridized carbons (Fsp3) is 0.556. The molecule has 1 aliphatic heterocycles. The summed E-state index contributed by atoms with van der Waals surface area (Å²) in [4.78, 5) is 27.8. The van der Waals surface area contributed by atoms with Gasteiger partial charge in [-0.1, -0.05) is 19.1 Å². The number of nitrogens with zero attached hydrogens (tertiary/aromatic N) is 2. The first-order valence-electron chi connectivity index (χ1n) is 8.23. The molecule has 5 nitrogen and oxygen atoms in total. The van der Waals surface area contributed by atoms with Crippen LogP contribution in [-0.4, -0.2) is 53.9 Å². The van der Waals surface area contributed by atoms with Crippen molar-refractivity contribution in [1.29, 1.82) is 0 Å². The first-order valence-corrected chi connectivity index (χ1v) is 8.23. The quantitative estimate of drug-likeness (QED) is 0.807. The highest BCUT2D eigenvalue weighted by Crippen LogP contribution is 2.21. The number of ether oxygens (including phenoxy) is 1. The molecule has 1 aliphatic rings. The molecule has 0 aromatic heterocycles. The zero-order valence-electron chi connectivity index (χ0n) is 14.5. The number of carbonyl (C=O) groups is 2. The zero-order chi connectivity index (χ0) is 17.0. The van der Waals surface area contributed by atoms with Gasteiger partial charge in [-0.05, 0) is 44.4 Å². The molecule has 23 heavy (non-hydrogen) atoms. The lowest BCUT2D eigenvalue weighted by Gasteiger charge is -2.38. The van der Waals surface area contributed by atoms with Gasteiger partial charge in [0.25, 0.3) is 0 Å². The van der Waals surface area contributed by atoms with Crippen molar-refractivity contribution in [3.05, 3.63) is 29.3 Å². The normalized spacial score (nSPS) is 18.5. The van der Waals surface area contributed by atoms with Crippen LogP contribution in [-0.2, 0) is 9.59 Å². The summed E-state index contributed by atoms with van der Waals surface area (Å²) in [5.41, 5.74) is 2.28. The molecular formula is C18H26N2O3. The fourth-order valence-corrected chi connectivity index (χ4v) is 2.86. The summed E-state index contributed by atoms with van der Waals surface area (Å²) >= 11 is 0.